The average molecular weight is 345 g/mol. The number of alkyl halides is 1. The van der Waals surface area contributed by atoms with Crippen molar-refractivity contribution in [3.05, 3.63) is 39.6 Å². The zero-order valence-electron chi connectivity index (χ0n) is 13.8. The van der Waals surface area contributed by atoms with Gasteiger partial charge in [-0.3, -0.25) is 9.88 Å². The molecule has 5 nitrogen and oxygen atoms in total. The number of aromatic nitrogens is 2. The van der Waals surface area contributed by atoms with Crippen LogP contribution in [0.4, 0.5) is 10.1 Å². The molecule has 0 bridgehead atoms. The van der Waals surface area contributed by atoms with Crippen LogP contribution in [0.1, 0.15) is 28.4 Å². The number of thiazole rings is 1. The van der Waals surface area contributed by atoms with Crippen LogP contribution in [-0.2, 0) is 6.54 Å². The molecular weight excluding hydrogens is 325 g/mol. The van der Waals surface area contributed by atoms with Gasteiger partial charge in [-0.2, -0.15) is 5.26 Å². The second kappa shape index (κ2) is 7.24. The van der Waals surface area contributed by atoms with Crippen molar-refractivity contribution in [2.45, 2.75) is 39.0 Å². The molecule has 0 spiro atoms. The van der Waals surface area contributed by atoms with Gasteiger partial charge in [0.1, 0.15) is 17.2 Å². The van der Waals surface area contributed by atoms with Crippen LogP contribution in [0.3, 0.4) is 0 Å². The molecule has 1 aliphatic heterocycles. The predicted octanol–water partition coefficient (Wildman–Crippen LogP) is 3.05. The minimum Gasteiger partial charge on any atom is -0.382 e. The summed E-state index contributed by atoms with van der Waals surface area (Å²) < 4.78 is 13.9. The molecule has 0 radical (unpaired) electrons. The number of rotatable bonds is 5. The summed E-state index contributed by atoms with van der Waals surface area (Å²) in [5, 5.41) is 15.6. The highest BCUT2D eigenvalue weighted by atomic mass is 32.1. The first-order valence-electron chi connectivity index (χ1n) is 7.95. The Bertz CT molecular complexity index is 740. The Morgan fingerprint density at radius 2 is 2.33 bits per heavy atom. The van der Waals surface area contributed by atoms with E-state index in [4.69, 9.17) is 0 Å². The average Bonchev–Trinajstić information content (AvgIpc) is 3.15. The number of nitriles is 1. The van der Waals surface area contributed by atoms with Gasteiger partial charge in [-0.25, -0.2) is 9.37 Å². The van der Waals surface area contributed by atoms with Gasteiger partial charge >= 0.3 is 0 Å². The van der Waals surface area contributed by atoms with E-state index in [0.717, 1.165) is 22.1 Å². The molecule has 3 heterocycles. The highest BCUT2D eigenvalue weighted by Crippen LogP contribution is 2.25. The monoisotopic (exact) mass is 345 g/mol. The minimum absolute atomic E-state index is 0.0872. The summed E-state index contributed by atoms with van der Waals surface area (Å²) in [6.07, 6.45) is 1.47. The zero-order chi connectivity index (χ0) is 17.1. The topological polar surface area (TPSA) is 64.8 Å². The molecule has 24 heavy (non-hydrogen) atoms. The van der Waals surface area contributed by atoms with Crippen molar-refractivity contribution in [2.75, 3.05) is 18.4 Å². The molecule has 126 valence electrons. The zero-order valence-corrected chi connectivity index (χ0v) is 14.6. The maximum absolute atomic E-state index is 13.9. The van der Waals surface area contributed by atoms with Crippen molar-refractivity contribution >= 4 is 17.0 Å². The van der Waals surface area contributed by atoms with E-state index in [-0.39, 0.29) is 6.04 Å². The highest BCUT2D eigenvalue weighted by Gasteiger charge is 2.32. The van der Waals surface area contributed by atoms with Gasteiger partial charge in [0, 0.05) is 36.4 Å². The van der Waals surface area contributed by atoms with E-state index in [2.05, 4.69) is 26.3 Å². The fourth-order valence-electron chi connectivity index (χ4n) is 3.17. The number of nitrogens with one attached hydrogen (secondary N) is 1. The van der Waals surface area contributed by atoms with E-state index in [1.165, 1.54) is 0 Å². The van der Waals surface area contributed by atoms with Crippen LogP contribution in [0, 0.1) is 25.2 Å². The van der Waals surface area contributed by atoms with Crippen LogP contribution in [0.15, 0.2) is 17.6 Å². The van der Waals surface area contributed by atoms with Gasteiger partial charge < -0.3 is 5.32 Å². The van der Waals surface area contributed by atoms with Gasteiger partial charge in [0.05, 0.1) is 23.5 Å². The first-order valence-corrected chi connectivity index (χ1v) is 8.83. The van der Waals surface area contributed by atoms with Crippen molar-refractivity contribution < 1.29 is 4.39 Å². The van der Waals surface area contributed by atoms with Crippen molar-refractivity contribution in [2.24, 2.45) is 0 Å². The molecule has 0 aromatic carbocycles. The molecule has 0 unspecified atom stereocenters. The van der Waals surface area contributed by atoms with Crippen LogP contribution in [0.5, 0.6) is 0 Å². The lowest BCUT2D eigenvalue weighted by Gasteiger charge is -2.24. The lowest BCUT2D eigenvalue weighted by molar-refractivity contribution is 0.241. The first kappa shape index (κ1) is 16.8. The summed E-state index contributed by atoms with van der Waals surface area (Å²) in [6, 6.07) is 4.16. The van der Waals surface area contributed by atoms with E-state index < -0.39 is 6.17 Å². The smallest absolute Gasteiger partial charge is 0.114 e. The summed E-state index contributed by atoms with van der Waals surface area (Å²) in [7, 11) is 0. The number of hydrogen-bond donors (Lipinski definition) is 1. The third-order valence-electron chi connectivity index (χ3n) is 4.27. The van der Waals surface area contributed by atoms with Crippen molar-refractivity contribution in [3.8, 4) is 6.07 Å². The Balaban J connectivity index is 1.70. The maximum atomic E-state index is 13.9. The van der Waals surface area contributed by atoms with Gasteiger partial charge in [-0.15, -0.1) is 11.3 Å². The summed E-state index contributed by atoms with van der Waals surface area (Å²) in [4.78, 5) is 10.7. The molecule has 2 atom stereocenters. The predicted molar refractivity (Wildman–Crippen MR) is 92.7 cm³/mol. The Labute approximate surface area is 145 Å². The molecule has 1 fully saturated rings. The van der Waals surface area contributed by atoms with E-state index >= 15 is 0 Å². The summed E-state index contributed by atoms with van der Waals surface area (Å²) in [6.45, 7) is 5.44. The van der Waals surface area contributed by atoms with Crippen molar-refractivity contribution in [1.82, 2.24) is 14.9 Å². The van der Waals surface area contributed by atoms with Crippen molar-refractivity contribution in [3.63, 3.8) is 0 Å². The number of anilines is 1. The Morgan fingerprint density at radius 3 is 3.04 bits per heavy atom. The van der Waals surface area contributed by atoms with Gasteiger partial charge in [0.2, 0.25) is 0 Å². The number of hydrogen-bond acceptors (Lipinski definition) is 6. The second-order valence-electron chi connectivity index (χ2n) is 6.11. The van der Waals surface area contributed by atoms with E-state index in [0.29, 0.717) is 31.6 Å². The second-order valence-corrected chi connectivity index (χ2v) is 7.09. The molecule has 0 aliphatic carbocycles. The first-order chi connectivity index (χ1) is 11.6. The lowest BCUT2D eigenvalue weighted by atomic mass is 10.1. The van der Waals surface area contributed by atoms with Crippen LogP contribution in [0.2, 0.25) is 0 Å². The molecule has 7 heteroatoms. The summed E-state index contributed by atoms with van der Waals surface area (Å²) in [5.74, 6) is 0. The van der Waals surface area contributed by atoms with Gasteiger partial charge in [0.25, 0.3) is 0 Å². The molecule has 1 N–H and O–H groups in total. The van der Waals surface area contributed by atoms with E-state index in [1.807, 2.05) is 25.3 Å². The fourth-order valence-corrected chi connectivity index (χ4v) is 3.81. The van der Waals surface area contributed by atoms with Crippen LogP contribution in [-0.4, -0.2) is 40.2 Å². The number of nitrogens with zero attached hydrogens (tertiary/aromatic N) is 4. The molecular formula is C17H20FN5S. The lowest BCUT2D eigenvalue weighted by Crippen LogP contribution is -2.34. The van der Waals surface area contributed by atoms with Crippen LogP contribution < -0.4 is 5.32 Å². The van der Waals surface area contributed by atoms with Gasteiger partial charge in [-0.05, 0) is 26.3 Å². The largest absolute Gasteiger partial charge is 0.382 e. The number of halogens is 1. The standard InChI is InChI=1S/C17H20FN5S/c1-11-5-16(15(7-19)12(2)22-11)21-8-14-6-13(18)9-23(14)10-17-20-3-4-24-17/h3-5,13-14H,6,8-10H2,1-2H3,(H,21,22)/t13-,14-/m0/s1. The molecule has 3 rings (SSSR count). The van der Waals surface area contributed by atoms with E-state index in [9.17, 15) is 9.65 Å². The minimum atomic E-state index is -0.812. The van der Waals surface area contributed by atoms with Crippen LogP contribution >= 0.6 is 11.3 Å². The number of likely N-dealkylation sites (tertiary alicyclic amines) is 1. The Kier molecular flexibility index (Phi) is 5.07. The number of pyridine rings is 1. The molecule has 0 amide bonds. The third-order valence-corrected chi connectivity index (χ3v) is 5.03. The molecule has 1 saturated heterocycles. The van der Waals surface area contributed by atoms with Gasteiger partial charge in [-0.1, -0.05) is 0 Å². The number of aryl methyl sites for hydroxylation is 2. The normalized spacial score (nSPS) is 20.9. The van der Waals surface area contributed by atoms with Gasteiger partial charge in [0.15, 0.2) is 0 Å². The summed E-state index contributed by atoms with van der Waals surface area (Å²) in [5.41, 5.74) is 2.92. The molecule has 2 aromatic heterocycles. The maximum Gasteiger partial charge on any atom is 0.114 e. The third kappa shape index (κ3) is 3.71. The molecule has 2 aromatic rings. The quantitative estimate of drug-likeness (QED) is 0.902. The van der Waals surface area contributed by atoms with E-state index in [1.54, 1.807) is 17.5 Å². The Morgan fingerprint density at radius 1 is 1.50 bits per heavy atom. The summed E-state index contributed by atoms with van der Waals surface area (Å²) >= 11 is 1.59. The SMILES string of the molecule is Cc1cc(NC[C@@H]2C[C@H](F)CN2Cc2nccs2)c(C#N)c(C)n1. The highest BCUT2D eigenvalue weighted by molar-refractivity contribution is 7.09. The fraction of sp³-hybridized carbons (Fsp3) is 0.471. The Hall–Kier alpha value is -2.04. The molecule has 1 aliphatic rings. The molecule has 0 saturated carbocycles. The van der Waals surface area contributed by atoms with Crippen LogP contribution in [0.25, 0.3) is 0 Å². The van der Waals surface area contributed by atoms with Crippen molar-refractivity contribution in [1.29, 1.82) is 5.26 Å².